The lowest BCUT2D eigenvalue weighted by atomic mass is 10.1. The number of amides is 2. The van der Waals surface area contributed by atoms with Crippen LogP contribution in [0.4, 0.5) is 5.13 Å². The molecule has 4 rings (SSSR count). The van der Waals surface area contributed by atoms with Gasteiger partial charge in [0.05, 0.1) is 23.9 Å². The summed E-state index contributed by atoms with van der Waals surface area (Å²) in [5.74, 6) is 0.241. The summed E-state index contributed by atoms with van der Waals surface area (Å²) in [6.07, 6.45) is 6.02. The Balaban J connectivity index is 0.000000949. The van der Waals surface area contributed by atoms with E-state index in [-0.39, 0.29) is 18.4 Å². The molecular weight excluding hydrogens is 460 g/mol. The van der Waals surface area contributed by atoms with E-state index in [0.717, 1.165) is 35.4 Å². The van der Waals surface area contributed by atoms with Gasteiger partial charge in [0.15, 0.2) is 5.13 Å². The number of anilines is 1. The third-order valence-corrected chi connectivity index (χ3v) is 5.19. The highest BCUT2D eigenvalue weighted by molar-refractivity contribution is 7.14. The summed E-state index contributed by atoms with van der Waals surface area (Å²) in [5.41, 5.74) is 3.35. The molecule has 1 fully saturated rings. The normalized spacial score (nSPS) is 11.4. The maximum Gasteiger partial charge on any atom is 0.253 e. The molecule has 2 heterocycles. The number of aryl methyl sites for hydroxylation is 2. The van der Waals surface area contributed by atoms with E-state index in [9.17, 15) is 9.59 Å². The Hall–Kier alpha value is -3.39. The predicted molar refractivity (Wildman–Crippen MR) is 146 cm³/mol. The number of rotatable bonds is 7. The smallest absolute Gasteiger partial charge is 0.253 e. The summed E-state index contributed by atoms with van der Waals surface area (Å²) >= 11 is 1.34. The number of aromatic nitrogens is 2. The van der Waals surface area contributed by atoms with Crippen LogP contribution in [-0.2, 0) is 11.8 Å². The highest BCUT2D eigenvalue weighted by Gasteiger charge is 2.23. The van der Waals surface area contributed by atoms with Gasteiger partial charge in [-0.2, -0.15) is 0 Å². The Labute approximate surface area is 213 Å². The molecule has 35 heavy (non-hydrogen) atoms. The lowest BCUT2D eigenvalue weighted by Crippen LogP contribution is -2.32. The van der Waals surface area contributed by atoms with Crippen LogP contribution in [0.2, 0.25) is 0 Å². The van der Waals surface area contributed by atoms with Crippen molar-refractivity contribution >= 4 is 28.3 Å². The molecule has 1 saturated carbocycles. The molecule has 7 nitrogen and oxygen atoms in total. The largest absolute Gasteiger partial charge is 0.490 e. The molecule has 3 aromatic rings. The first-order valence-corrected chi connectivity index (χ1v) is 12.8. The molecule has 0 bridgehead atoms. The van der Waals surface area contributed by atoms with Crippen LogP contribution >= 0.6 is 11.3 Å². The van der Waals surface area contributed by atoms with Gasteiger partial charge in [-0.1, -0.05) is 27.7 Å². The zero-order chi connectivity index (χ0) is 26.4. The predicted octanol–water partition coefficient (Wildman–Crippen LogP) is 6.22. The number of thiazole rings is 1. The second-order valence-electron chi connectivity index (χ2n) is 7.19. The number of carbonyl (C=O) groups is 2. The Kier molecular flexibility index (Phi) is 13.1. The number of ether oxygens (including phenoxy) is 1. The average Bonchev–Trinajstić information content (AvgIpc) is 3.37. The molecule has 190 valence electrons. The molecular formula is C27H38N4O3S. The highest BCUT2D eigenvalue weighted by atomic mass is 32.1. The van der Waals surface area contributed by atoms with Crippen LogP contribution in [0.5, 0.6) is 5.75 Å². The van der Waals surface area contributed by atoms with E-state index >= 15 is 0 Å². The number of nitrogens with one attached hydrogen (secondary N) is 2. The summed E-state index contributed by atoms with van der Waals surface area (Å²) in [6, 6.07) is 7.74. The average molecular weight is 499 g/mol. The van der Waals surface area contributed by atoms with E-state index in [1.807, 2.05) is 65.2 Å². The first-order chi connectivity index (χ1) is 17.0. The fourth-order valence-electron chi connectivity index (χ4n) is 2.87. The van der Waals surface area contributed by atoms with Crippen LogP contribution in [0.15, 0.2) is 55.2 Å². The van der Waals surface area contributed by atoms with Crippen molar-refractivity contribution in [1.82, 2.24) is 14.9 Å². The van der Waals surface area contributed by atoms with Crippen LogP contribution in [-0.4, -0.2) is 34.0 Å². The minimum Gasteiger partial charge on any atom is -0.490 e. The molecule has 0 spiro atoms. The summed E-state index contributed by atoms with van der Waals surface area (Å²) in [5, 5.41) is 7.73. The lowest BCUT2D eigenvalue weighted by molar-refractivity contribution is -0.115. The summed E-state index contributed by atoms with van der Waals surface area (Å²) in [7, 11) is 1.83. The molecule has 0 unspecified atom stereocenters. The van der Waals surface area contributed by atoms with Crippen molar-refractivity contribution in [3.8, 4) is 17.0 Å². The molecule has 0 atom stereocenters. The van der Waals surface area contributed by atoms with Gasteiger partial charge in [0.25, 0.3) is 5.91 Å². The van der Waals surface area contributed by atoms with Gasteiger partial charge in [-0.25, -0.2) is 4.98 Å². The second kappa shape index (κ2) is 15.5. The van der Waals surface area contributed by atoms with E-state index < -0.39 is 0 Å². The van der Waals surface area contributed by atoms with Crippen molar-refractivity contribution in [3.05, 3.63) is 66.3 Å². The summed E-state index contributed by atoms with van der Waals surface area (Å²) in [4.78, 5) is 28.7. The molecule has 0 aliphatic heterocycles. The van der Waals surface area contributed by atoms with Gasteiger partial charge in [0, 0.05) is 30.4 Å². The lowest BCUT2D eigenvalue weighted by Gasteiger charge is -2.07. The van der Waals surface area contributed by atoms with Gasteiger partial charge >= 0.3 is 0 Å². The highest BCUT2D eigenvalue weighted by Crippen LogP contribution is 2.32. The van der Waals surface area contributed by atoms with Gasteiger partial charge in [0.1, 0.15) is 5.75 Å². The molecule has 2 N–H and O–H groups in total. The Morgan fingerprint density at radius 2 is 1.86 bits per heavy atom. The van der Waals surface area contributed by atoms with E-state index in [1.54, 1.807) is 23.0 Å². The summed E-state index contributed by atoms with van der Waals surface area (Å²) < 4.78 is 7.67. The molecule has 0 saturated heterocycles. The number of nitrogens with zero attached hydrogens (tertiary/aromatic N) is 2. The third-order valence-electron chi connectivity index (χ3n) is 4.43. The molecule has 1 aliphatic rings. The van der Waals surface area contributed by atoms with E-state index in [0.29, 0.717) is 16.8 Å². The molecule has 1 aliphatic carbocycles. The first kappa shape index (κ1) is 29.6. The maximum atomic E-state index is 12.2. The molecule has 8 heteroatoms. The Morgan fingerprint density at radius 3 is 2.46 bits per heavy atom. The van der Waals surface area contributed by atoms with Gasteiger partial charge < -0.3 is 19.9 Å². The van der Waals surface area contributed by atoms with Crippen LogP contribution in [0.3, 0.4) is 0 Å². The maximum absolute atomic E-state index is 12.2. The Morgan fingerprint density at radius 1 is 1.17 bits per heavy atom. The van der Waals surface area contributed by atoms with Gasteiger partial charge in [-0.3, -0.25) is 9.59 Å². The fourth-order valence-corrected chi connectivity index (χ4v) is 3.61. The van der Waals surface area contributed by atoms with Crippen molar-refractivity contribution < 1.29 is 14.3 Å². The zero-order valence-electron chi connectivity index (χ0n) is 21.7. The van der Waals surface area contributed by atoms with Gasteiger partial charge in [-0.05, 0) is 49.6 Å². The number of benzene rings is 1. The topological polar surface area (TPSA) is 85.3 Å². The van der Waals surface area contributed by atoms with Crippen molar-refractivity contribution in [2.45, 2.75) is 53.6 Å². The molecule has 2 aromatic heterocycles. The second-order valence-corrected chi connectivity index (χ2v) is 8.04. The van der Waals surface area contributed by atoms with E-state index in [2.05, 4.69) is 28.8 Å². The minimum atomic E-state index is -0.322. The summed E-state index contributed by atoms with van der Waals surface area (Å²) in [6.45, 7) is 15.9. The number of hydrogen-bond acceptors (Lipinski definition) is 5. The van der Waals surface area contributed by atoms with E-state index in [1.165, 1.54) is 11.3 Å². The fraction of sp³-hybridized carbons (Fsp3) is 0.370. The minimum absolute atomic E-state index is 0.119. The SMILES string of the molecule is C=C.CC.CC.Cc1cc(OC2CC2)cc(-c2csc(NC(=O)CNC(=O)c3ccn(C)c3)n2)c1. The third kappa shape index (κ3) is 9.78. The molecule has 1 aromatic carbocycles. The van der Waals surface area contributed by atoms with Crippen molar-refractivity contribution in [2.75, 3.05) is 11.9 Å². The van der Waals surface area contributed by atoms with Gasteiger partial charge in [0.2, 0.25) is 5.91 Å². The van der Waals surface area contributed by atoms with Crippen LogP contribution in [0.25, 0.3) is 11.3 Å². The zero-order valence-corrected chi connectivity index (χ0v) is 22.5. The standard InChI is InChI=1S/C21H22N4O3S.2C2H6.C2H4/c1-13-7-15(9-17(8-13)28-16-3-4-16)18-12-29-21(23-18)24-19(26)10-22-20(27)14-5-6-25(2)11-14;3*1-2/h5-9,11-12,16H,3-4,10H2,1-2H3,(H,22,27)(H,23,24,26);2*1-2H3;1-2H2. The quantitative estimate of drug-likeness (QED) is 0.379. The molecule has 0 radical (unpaired) electrons. The monoisotopic (exact) mass is 498 g/mol. The van der Waals surface area contributed by atoms with Crippen molar-refractivity contribution in [1.29, 1.82) is 0 Å². The van der Waals surface area contributed by atoms with Crippen LogP contribution in [0.1, 0.15) is 56.5 Å². The van der Waals surface area contributed by atoms with E-state index in [4.69, 9.17) is 4.74 Å². The first-order valence-electron chi connectivity index (χ1n) is 11.9. The number of carbonyl (C=O) groups excluding carboxylic acids is 2. The molecule has 2 amide bonds. The van der Waals surface area contributed by atoms with Crippen LogP contribution in [0, 0.1) is 6.92 Å². The number of hydrogen-bond donors (Lipinski definition) is 2. The Bertz CT molecular complexity index is 1070. The van der Waals surface area contributed by atoms with Crippen LogP contribution < -0.4 is 15.4 Å². The van der Waals surface area contributed by atoms with Crippen molar-refractivity contribution in [2.24, 2.45) is 7.05 Å². The van der Waals surface area contributed by atoms with Crippen molar-refractivity contribution in [3.63, 3.8) is 0 Å². The van der Waals surface area contributed by atoms with Gasteiger partial charge in [-0.15, -0.1) is 24.5 Å².